The number of nitrogens with two attached hydrogens (primary N) is 3. The van der Waals surface area contributed by atoms with E-state index < -0.39 is 17.4 Å². The second-order valence-corrected chi connectivity index (χ2v) is 14.9. The number of nitrogen functional groups attached to an aromatic ring is 1. The first-order valence-electron chi connectivity index (χ1n) is 19.1. The average molecular weight is 790 g/mol. The van der Waals surface area contributed by atoms with Crippen LogP contribution in [0.2, 0.25) is 0 Å². The van der Waals surface area contributed by atoms with Gasteiger partial charge in [0, 0.05) is 64.0 Å². The molecule has 308 valence electrons. The Labute approximate surface area is 331 Å². The Morgan fingerprint density at radius 1 is 0.877 bits per heavy atom. The molecule has 57 heavy (non-hydrogen) atoms. The van der Waals surface area contributed by atoms with Gasteiger partial charge < -0.3 is 46.2 Å². The van der Waals surface area contributed by atoms with E-state index in [4.69, 9.17) is 31.4 Å². The Morgan fingerprint density at radius 2 is 1.53 bits per heavy atom. The lowest BCUT2D eigenvalue weighted by Crippen LogP contribution is -2.50. The number of anilines is 3. The van der Waals surface area contributed by atoms with Crippen molar-refractivity contribution in [3.8, 4) is 11.5 Å². The molecule has 0 atom stereocenters. The van der Waals surface area contributed by atoms with Gasteiger partial charge in [0.2, 0.25) is 17.8 Å². The van der Waals surface area contributed by atoms with E-state index in [0.29, 0.717) is 98.3 Å². The van der Waals surface area contributed by atoms with E-state index in [1.165, 1.54) is 6.07 Å². The van der Waals surface area contributed by atoms with Crippen LogP contribution >= 0.6 is 0 Å². The normalized spacial score (nSPS) is 13.4. The van der Waals surface area contributed by atoms with E-state index in [2.05, 4.69) is 25.6 Å². The van der Waals surface area contributed by atoms with Crippen LogP contribution in [-0.2, 0) is 18.3 Å². The monoisotopic (exact) mass is 789 g/mol. The molecule has 1 fully saturated rings. The molecular formula is C39H55N11O7. The first-order valence-corrected chi connectivity index (χ1v) is 19.1. The molecule has 3 heterocycles. The molecule has 5 rings (SSSR count). The zero-order chi connectivity index (χ0) is 41.4. The molecule has 2 aromatic heterocycles. The van der Waals surface area contributed by atoms with Gasteiger partial charge in [-0.25, -0.2) is 9.78 Å². The molecule has 0 unspecified atom stereocenters. The number of aryl methyl sites for hydroxylation is 3. The highest BCUT2D eigenvalue weighted by atomic mass is 16.6. The minimum atomic E-state index is -0.638. The zero-order valence-electron chi connectivity index (χ0n) is 33.6. The molecule has 18 heteroatoms. The van der Waals surface area contributed by atoms with E-state index in [0.717, 1.165) is 25.3 Å². The molecule has 0 saturated carbocycles. The summed E-state index contributed by atoms with van der Waals surface area (Å²) in [6, 6.07) is 7.94. The summed E-state index contributed by atoms with van der Waals surface area (Å²) in [4.78, 5) is 58.3. The van der Waals surface area contributed by atoms with Crippen LogP contribution in [0.25, 0.3) is 11.0 Å². The third kappa shape index (κ3) is 10.8. The lowest BCUT2D eigenvalue weighted by Gasteiger charge is -2.35. The van der Waals surface area contributed by atoms with Gasteiger partial charge in [0.25, 0.3) is 5.91 Å². The third-order valence-electron chi connectivity index (χ3n) is 9.33. The summed E-state index contributed by atoms with van der Waals surface area (Å²) < 4.78 is 21.1. The van der Waals surface area contributed by atoms with E-state index in [9.17, 15) is 19.2 Å². The molecule has 2 aromatic carbocycles. The standard InChI is InChI=1S/C39H55N11O7/c1-7-50-29(19-24(2)46-50)36(53)45-37-44-28-21-26(35(42)52)23-31(33(28)47(37)6)56-17-9-8-11-43-32-27(40)20-25(34(41)51)22-30(32)55-18-10-12-48-13-15-49(16-14-48)38(54)57-39(3,4)5/h19-23,43H,7-18,40H2,1-6H3,(H2,41,51)(H2,42,52)(H,44,45,53). The third-order valence-corrected chi connectivity index (χ3v) is 9.33. The highest BCUT2D eigenvalue weighted by Gasteiger charge is 2.26. The number of primary amides is 2. The van der Waals surface area contributed by atoms with Crippen LogP contribution in [0, 0.1) is 6.92 Å². The van der Waals surface area contributed by atoms with Crippen molar-refractivity contribution in [3.63, 3.8) is 0 Å². The number of amides is 4. The van der Waals surface area contributed by atoms with E-state index in [1.54, 1.807) is 45.5 Å². The minimum absolute atomic E-state index is 0.220. The molecule has 0 spiro atoms. The largest absolute Gasteiger partial charge is 0.491 e. The van der Waals surface area contributed by atoms with Crippen LogP contribution in [0.5, 0.6) is 11.5 Å². The molecule has 8 N–H and O–H groups in total. The molecule has 1 saturated heterocycles. The first kappa shape index (κ1) is 42.1. The second-order valence-electron chi connectivity index (χ2n) is 14.9. The Morgan fingerprint density at radius 3 is 2.19 bits per heavy atom. The predicted molar refractivity (Wildman–Crippen MR) is 217 cm³/mol. The van der Waals surface area contributed by atoms with Crippen molar-refractivity contribution in [3.05, 3.63) is 52.8 Å². The predicted octanol–water partition coefficient (Wildman–Crippen LogP) is 3.72. The van der Waals surface area contributed by atoms with Gasteiger partial charge in [-0.3, -0.25) is 29.3 Å². The SMILES string of the molecule is CCn1nc(C)cc1C(=O)Nc1nc2cc(C(N)=O)cc(OCCCCNc3c(N)cc(C(N)=O)cc3OCCCN3CCN(C(=O)OC(C)(C)C)CC3)c2n1C. The van der Waals surface area contributed by atoms with Gasteiger partial charge in [-0.2, -0.15) is 5.10 Å². The number of imidazole rings is 1. The summed E-state index contributed by atoms with van der Waals surface area (Å²) >= 11 is 0. The van der Waals surface area contributed by atoms with E-state index in [1.807, 2.05) is 34.6 Å². The number of fused-ring (bicyclic) bond motifs is 1. The number of aromatic nitrogens is 4. The molecule has 4 aromatic rings. The lowest BCUT2D eigenvalue weighted by atomic mass is 10.1. The Kier molecular flexibility index (Phi) is 13.5. The van der Waals surface area contributed by atoms with Crippen molar-refractivity contribution in [2.24, 2.45) is 18.5 Å². The molecule has 1 aliphatic rings. The summed E-state index contributed by atoms with van der Waals surface area (Å²) in [6.45, 7) is 14.4. The van der Waals surface area contributed by atoms with E-state index >= 15 is 0 Å². The van der Waals surface area contributed by atoms with Crippen molar-refractivity contribution in [1.29, 1.82) is 0 Å². The second kappa shape index (κ2) is 18.3. The maximum Gasteiger partial charge on any atom is 0.410 e. The topological polar surface area (TPSA) is 240 Å². The Balaban J connectivity index is 1.15. The van der Waals surface area contributed by atoms with Gasteiger partial charge in [-0.1, -0.05) is 0 Å². The molecule has 18 nitrogen and oxygen atoms in total. The lowest BCUT2D eigenvalue weighted by molar-refractivity contribution is 0.0141. The van der Waals surface area contributed by atoms with Crippen LogP contribution in [0.3, 0.4) is 0 Å². The fourth-order valence-electron chi connectivity index (χ4n) is 6.47. The summed E-state index contributed by atoms with van der Waals surface area (Å²) in [5.41, 5.74) is 20.5. The van der Waals surface area contributed by atoms with Gasteiger partial charge in [-0.15, -0.1) is 0 Å². The minimum Gasteiger partial charge on any atom is -0.491 e. The number of unbranched alkanes of at least 4 members (excludes halogenated alkanes) is 1. The summed E-state index contributed by atoms with van der Waals surface area (Å²) in [6.07, 6.45) is 1.70. The quantitative estimate of drug-likeness (QED) is 0.0760. The van der Waals surface area contributed by atoms with Gasteiger partial charge in [0.05, 0.1) is 30.1 Å². The molecule has 1 aliphatic heterocycles. The number of ether oxygens (including phenoxy) is 3. The van der Waals surface area contributed by atoms with Crippen molar-refractivity contribution in [2.75, 3.05) is 68.8 Å². The molecule has 4 amide bonds. The van der Waals surface area contributed by atoms with Gasteiger partial charge in [0.1, 0.15) is 34.0 Å². The number of nitrogens with zero attached hydrogens (tertiary/aromatic N) is 6. The Bertz CT molecular complexity index is 2100. The van der Waals surface area contributed by atoms with Gasteiger partial charge >= 0.3 is 6.09 Å². The van der Waals surface area contributed by atoms with Crippen LogP contribution < -0.4 is 37.3 Å². The van der Waals surface area contributed by atoms with Crippen LogP contribution in [0.4, 0.5) is 22.1 Å². The number of rotatable bonds is 17. The van der Waals surface area contributed by atoms with Crippen LogP contribution in [0.1, 0.15) is 83.9 Å². The number of carbonyl (C=O) groups excluding carboxylic acids is 4. The molecule has 0 bridgehead atoms. The highest BCUT2D eigenvalue weighted by molar-refractivity contribution is 6.04. The van der Waals surface area contributed by atoms with Crippen molar-refractivity contribution in [1.82, 2.24) is 29.1 Å². The molecule has 0 radical (unpaired) electrons. The Hall–Kier alpha value is -6.04. The fraction of sp³-hybridized carbons (Fsp3) is 0.487. The number of nitrogens with one attached hydrogen (secondary N) is 2. The maximum absolute atomic E-state index is 13.2. The summed E-state index contributed by atoms with van der Waals surface area (Å²) in [5.74, 6) is -0.537. The average Bonchev–Trinajstić information content (AvgIpc) is 3.69. The highest BCUT2D eigenvalue weighted by Crippen LogP contribution is 2.33. The number of hydrogen-bond donors (Lipinski definition) is 5. The smallest absolute Gasteiger partial charge is 0.410 e. The number of benzene rings is 2. The summed E-state index contributed by atoms with van der Waals surface area (Å²) in [7, 11) is 1.75. The summed E-state index contributed by atoms with van der Waals surface area (Å²) in [5, 5.41) is 10.5. The van der Waals surface area contributed by atoms with Crippen molar-refractivity contribution < 1.29 is 33.4 Å². The van der Waals surface area contributed by atoms with Crippen molar-refractivity contribution in [2.45, 2.75) is 66.0 Å². The fourth-order valence-corrected chi connectivity index (χ4v) is 6.47. The number of piperazine rings is 1. The number of carbonyl (C=O) groups is 4. The van der Waals surface area contributed by atoms with Crippen LogP contribution in [0.15, 0.2) is 30.3 Å². The molecular weight excluding hydrogens is 734 g/mol. The zero-order valence-corrected chi connectivity index (χ0v) is 33.6. The number of hydrogen-bond acceptors (Lipinski definition) is 12. The van der Waals surface area contributed by atoms with Gasteiger partial charge in [0.15, 0.2) is 0 Å². The van der Waals surface area contributed by atoms with Gasteiger partial charge in [-0.05, 0) is 84.2 Å². The van der Waals surface area contributed by atoms with Crippen LogP contribution in [-0.4, -0.2) is 111 Å². The van der Waals surface area contributed by atoms with Crippen molar-refractivity contribution >= 4 is 52.2 Å². The maximum atomic E-state index is 13.2. The molecule has 0 aliphatic carbocycles. The first-order chi connectivity index (χ1) is 27.0. The van der Waals surface area contributed by atoms with E-state index in [-0.39, 0.29) is 29.1 Å².